The summed E-state index contributed by atoms with van der Waals surface area (Å²) in [7, 11) is 0. The number of hydrogen-bond donors (Lipinski definition) is 1. The molecule has 1 unspecified atom stereocenters. The van der Waals surface area contributed by atoms with Gasteiger partial charge in [-0.1, -0.05) is 12.8 Å². The van der Waals surface area contributed by atoms with Gasteiger partial charge in [-0.05, 0) is 63.2 Å². The van der Waals surface area contributed by atoms with Crippen molar-refractivity contribution in [3.8, 4) is 0 Å². The Hall–Kier alpha value is -1.33. The number of rotatable bonds is 3. The van der Waals surface area contributed by atoms with Crippen LogP contribution in [0.3, 0.4) is 0 Å². The minimum Gasteiger partial charge on any atom is -0.338 e. The molecule has 2 fully saturated rings. The van der Waals surface area contributed by atoms with E-state index < -0.39 is 0 Å². The molecular formula is C19H30ClN3O2. The molecule has 0 bridgehead atoms. The summed E-state index contributed by atoms with van der Waals surface area (Å²) in [6.07, 6.45) is 8.59. The van der Waals surface area contributed by atoms with Crippen molar-refractivity contribution in [3.05, 3.63) is 33.7 Å². The molecule has 5 nitrogen and oxygen atoms in total. The lowest BCUT2D eigenvalue weighted by Crippen LogP contribution is -2.40. The Balaban J connectivity index is 0.00000225. The summed E-state index contributed by atoms with van der Waals surface area (Å²) in [5.74, 6) is 0.399. The van der Waals surface area contributed by atoms with Crippen LogP contribution in [0.25, 0.3) is 0 Å². The van der Waals surface area contributed by atoms with Crippen LogP contribution in [-0.4, -0.2) is 41.6 Å². The summed E-state index contributed by atoms with van der Waals surface area (Å²) in [5, 5.41) is 3.39. The number of carbonyl (C=O) groups is 1. The molecule has 140 valence electrons. The zero-order valence-electron chi connectivity index (χ0n) is 15.1. The van der Waals surface area contributed by atoms with E-state index >= 15 is 0 Å². The van der Waals surface area contributed by atoms with Gasteiger partial charge in [0.1, 0.15) is 5.56 Å². The number of hydrogen-bond acceptors (Lipinski definition) is 3. The second kappa shape index (κ2) is 9.39. The summed E-state index contributed by atoms with van der Waals surface area (Å²) >= 11 is 0. The van der Waals surface area contributed by atoms with Crippen LogP contribution in [0.1, 0.15) is 54.4 Å². The van der Waals surface area contributed by atoms with E-state index in [0.29, 0.717) is 18.0 Å². The van der Waals surface area contributed by atoms with Gasteiger partial charge in [-0.3, -0.25) is 9.59 Å². The first-order chi connectivity index (χ1) is 11.7. The fraction of sp³-hybridized carbons (Fsp3) is 0.684. The highest BCUT2D eigenvalue weighted by molar-refractivity contribution is 5.95. The minimum atomic E-state index is -0.116. The van der Waals surface area contributed by atoms with Gasteiger partial charge in [0.15, 0.2) is 0 Å². The Morgan fingerprint density at radius 3 is 2.56 bits per heavy atom. The molecule has 2 aliphatic rings. The molecule has 2 saturated heterocycles. The normalized spacial score (nSPS) is 21.3. The van der Waals surface area contributed by atoms with E-state index in [0.717, 1.165) is 57.4 Å². The smallest absolute Gasteiger partial charge is 0.263 e. The van der Waals surface area contributed by atoms with Crippen LogP contribution in [0, 0.1) is 12.8 Å². The second-order valence-electron chi connectivity index (χ2n) is 7.25. The van der Waals surface area contributed by atoms with Crippen LogP contribution in [-0.2, 0) is 6.54 Å². The lowest BCUT2D eigenvalue weighted by molar-refractivity contribution is 0.0758. The molecule has 1 atom stereocenters. The van der Waals surface area contributed by atoms with Crippen molar-refractivity contribution in [2.24, 2.45) is 5.92 Å². The van der Waals surface area contributed by atoms with Crippen LogP contribution in [0.15, 0.2) is 17.1 Å². The Kier molecular flexibility index (Phi) is 7.51. The fourth-order valence-corrected chi connectivity index (χ4v) is 3.86. The highest BCUT2D eigenvalue weighted by Crippen LogP contribution is 2.15. The van der Waals surface area contributed by atoms with Crippen LogP contribution < -0.4 is 10.9 Å². The van der Waals surface area contributed by atoms with E-state index in [1.807, 2.05) is 24.1 Å². The van der Waals surface area contributed by atoms with E-state index in [1.165, 1.54) is 12.8 Å². The number of carbonyl (C=O) groups excluding carboxylic acids is 1. The molecule has 1 aromatic rings. The molecule has 0 spiro atoms. The highest BCUT2D eigenvalue weighted by Gasteiger charge is 2.23. The van der Waals surface area contributed by atoms with Gasteiger partial charge in [0.05, 0.1) is 0 Å². The van der Waals surface area contributed by atoms with Crippen LogP contribution >= 0.6 is 12.4 Å². The van der Waals surface area contributed by atoms with Gasteiger partial charge in [-0.15, -0.1) is 12.4 Å². The minimum absolute atomic E-state index is 0. The monoisotopic (exact) mass is 367 g/mol. The van der Waals surface area contributed by atoms with Crippen molar-refractivity contribution in [1.29, 1.82) is 0 Å². The molecule has 0 aliphatic carbocycles. The molecule has 0 radical (unpaired) electrons. The predicted octanol–water partition coefficient (Wildman–Crippen LogP) is 2.59. The lowest BCUT2D eigenvalue weighted by atomic mass is 9.99. The summed E-state index contributed by atoms with van der Waals surface area (Å²) < 4.78 is 1.75. The van der Waals surface area contributed by atoms with Gasteiger partial charge < -0.3 is 14.8 Å². The largest absolute Gasteiger partial charge is 0.338 e. The maximum atomic E-state index is 12.9. The van der Waals surface area contributed by atoms with Gasteiger partial charge in [0.2, 0.25) is 0 Å². The molecule has 1 amide bonds. The van der Waals surface area contributed by atoms with Crippen molar-refractivity contribution in [2.75, 3.05) is 26.2 Å². The lowest BCUT2D eigenvalue weighted by Gasteiger charge is -2.25. The highest BCUT2D eigenvalue weighted by atomic mass is 35.5. The van der Waals surface area contributed by atoms with Crippen molar-refractivity contribution in [2.45, 2.75) is 52.0 Å². The SMILES string of the molecule is Cc1ccn(CC2CCCNC2)c(=O)c1C(=O)N1CCCCCC1.Cl. The van der Waals surface area contributed by atoms with Crippen molar-refractivity contribution < 1.29 is 4.79 Å². The molecule has 0 aromatic carbocycles. The molecular weight excluding hydrogens is 338 g/mol. The average molecular weight is 368 g/mol. The van der Waals surface area contributed by atoms with Crippen LogP contribution in [0.2, 0.25) is 0 Å². The third kappa shape index (κ3) is 4.85. The molecule has 6 heteroatoms. The number of nitrogens with one attached hydrogen (secondary N) is 1. The zero-order chi connectivity index (χ0) is 16.9. The number of pyridine rings is 1. The van der Waals surface area contributed by atoms with E-state index in [4.69, 9.17) is 0 Å². The fourth-order valence-electron chi connectivity index (χ4n) is 3.86. The number of amides is 1. The molecule has 1 aromatic heterocycles. The topological polar surface area (TPSA) is 54.3 Å². The van der Waals surface area contributed by atoms with E-state index in [-0.39, 0.29) is 23.9 Å². The molecule has 2 aliphatic heterocycles. The first-order valence-corrected chi connectivity index (χ1v) is 9.37. The second-order valence-corrected chi connectivity index (χ2v) is 7.25. The van der Waals surface area contributed by atoms with Crippen molar-refractivity contribution >= 4 is 18.3 Å². The third-order valence-electron chi connectivity index (χ3n) is 5.33. The zero-order valence-corrected chi connectivity index (χ0v) is 15.9. The first kappa shape index (κ1) is 20.0. The number of aryl methyl sites for hydroxylation is 1. The van der Waals surface area contributed by atoms with E-state index in [1.54, 1.807) is 4.57 Å². The van der Waals surface area contributed by atoms with Gasteiger partial charge in [0, 0.05) is 25.8 Å². The van der Waals surface area contributed by atoms with Gasteiger partial charge >= 0.3 is 0 Å². The first-order valence-electron chi connectivity index (χ1n) is 9.37. The number of aromatic nitrogens is 1. The Labute approximate surface area is 156 Å². The molecule has 3 heterocycles. The number of likely N-dealkylation sites (tertiary alicyclic amines) is 1. The standard InChI is InChI=1S/C19H29N3O2.ClH/c1-15-8-12-22(14-16-7-6-9-20-13-16)19(24)17(15)18(23)21-10-4-2-3-5-11-21;/h8,12,16,20H,2-7,9-11,13-14H2,1H3;1H. The van der Waals surface area contributed by atoms with E-state index in [2.05, 4.69) is 5.32 Å². The van der Waals surface area contributed by atoms with Crippen LogP contribution in [0.5, 0.6) is 0 Å². The van der Waals surface area contributed by atoms with Gasteiger partial charge in [-0.25, -0.2) is 0 Å². The number of nitrogens with zero attached hydrogens (tertiary/aromatic N) is 2. The van der Waals surface area contributed by atoms with Crippen LogP contribution in [0.4, 0.5) is 0 Å². The van der Waals surface area contributed by atoms with Crippen molar-refractivity contribution in [3.63, 3.8) is 0 Å². The third-order valence-corrected chi connectivity index (χ3v) is 5.33. The maximum Gasteiger partial charge on any atom is 0.263 e. The van der Waals surface area contributed by atoms with Gasteiger partial charge in [0.25, 0.3) is 11.5 Å². The maximum absolute atomic E-state index is 12.9. The Morgan fingerprint density at radius 1 is 1.20 bits per heavy atom. The Bertz CT molecular complexity index is 630. The predicted molar refractivity (Wildman–Crippen MR) is 103 cm³/mol. The Morgan fingerprint density at radius 2 is 1.92 bits per heavy atom. The van der Waals surface area contributed by atoms with Gasteiger partial charge in [-0.2, -0.15) is 0 Å². The quantitative estimate of drug-likeness (QED) is 0.893. The van der Waals surface area contributed by atoms with E-state index in [9.17, 15) is 9.59 Å². The summed E-state index contributed by atoms with van der Waals surface area (Å²) in [4.78, 5) is 27.7. The molecule has 3 rings (SSSR count). The van der Waals surface area contributed by atoms with Crippen molar-refractivity contribution in [1.82, 2.24) is 14.8 Å². The summed E-state index contributed by atoms with van der Waals surface area (Å²) in [6, 6.07) is 1.92. The number of halogens is 1. The summed E-state index contributed by atoms with van der Waals surface area (Å²) in [6.45, 7) is 6.15. The summed E-state index contributed by atoms with van der Waals surface area (Å²) in [5.41, 5.74) is 1.06. The molecule has 0 saturated carbocycles. The average Bonchev–Trinajstić information content (AvgIpc) is 2.88. The number of piperidine rings is 1. The molecule has 1 N–H and O–H groups in total. The molecule has 25 heavy (non-hydrogen) atoms.